The Bertz CT molecular complexity index is 1600. The van der Waals surface area contributed by atoms with Gasteiger partial charge in [0.05, 0.1) is 44.3 Å². The Balaban J connectivity index is 1.16. The average molecular weight is 657 g/mol. The highest BCUT2D eigenvalue weighted by atomic mass is 32.1. The third-order valence-corrected chi connectivity index (χ3v) is 10.3. The van der Waals surface area contributed by atoms with E-state index in [0.29, 0.717) is 28.2 Å². The van der Waals surface area contributed by atoms with Crippen LogP contribution in [0.3, 0.4) is 0 Å². The van der Waals surface area contributed by atoms with Crippen LogP contribution in [0.4, 0.5) is 0 Å². The summed E-state index contributed by atoms with van der Waals surface area (Å²) in [7, 11) is 2.86. The van der Waals surface area contributed by atoms with E-state index in [1.165, 1.54) is 25.6 Å². The van der Waals surface area contributed by atoms with E-state index in [1.807, 2.05) is 23.6 Å². The molecule has 3 fully saturated rings. The molecular formula is C32H32O13S. The molecule has 0 saturated carbocycles. The number of hydrogen-bond donors (Lipinski definition) is 3. The van der Waals surface area contributed by atoms with Crippen LogP contribution in [0.25, 0.3) is 0 Å². The van der Waals surface area contributed by atoms with Gasteiger partial charge in [-0.15, -0.1) is 11.3 Å². The lowest BCUT2D eigenvalue weighted by molar-refractivity contribution is -0.368. The summed E-state index contributed by atoms with van der Waals surface area (Å²) >= 11 is 1.46. The van der Waals surface area contributed by atoms with E-state index >= 15 is 0 Å². The van der Waals surface area contributed by atoms with Crippen LogP contribution in [0.2, 0.25) is 0 Å². The molecule has 14 heteroatoms. The van der Waals surface area contributed by atoms with Crippen molar-refractivity contribution in [2.24, 2.45) is 11.8 Å². The van der Waals surface area contributed by atoms with Crippen LogP contribution in [0.5, 0.6) is 28.7 Å². The third kappa shape index (κ3) is 4.70. The first-order chi connectivity index (χ1) is 22.4. The number of aliphatic hydroxyl groups is 2. The van der Waals surface area contributed by atoms with E-state index in [-0.39, 0.29) is 37.3 Å². The Labute approximate surface area is 267 Å². The van der Waals surface area contributed by atoms with Crippen LogP contribution < -0.4 is 18.9 Å². The third-order valence-electron chi connectivity index (χ3n) is 9.37. The second kappa shape index (κ2) is 11.6. The monoisotopic (exact) mass is 656 g/mol. The lowest BCUT2D eigenvalue weighted by atomic mass is 9.66. The van der Waals surface area contributed by atoms with Gasteiger partial charge in [0, 0.05) is 11.8 Å². The number of ether oxygens (including phenoxy) is 9. The van der Waals surface area contributed by atoms with Gasteiger partial charge in [-0.1, -0.05) is 6.07 Å². The number of carbonyl (C=O) groups is 1. The summed E-state index contributed by atoms with van der Waals surface area (Å²) < 4.78 is 52.6. The summed E-state index contributed by atoms with van der Waals surface area (Å²) in [5.41, 5.74) is 2.00. The molecule has 0 spiro atoms. The molecule has 2 aromatic carbocycles. The first kappa shape index (κ1) is 29.8. The highest BCUT2D eigenvalue weighted by Crippen LogP contribution is 2.57. The number of aliphatic hydroxyl groups excluding tert-OH is 2. The lowest BCUT2D eigenvalue weighted by Gasteiger charge is -2.48. The number of rotatable bonds is 6. The van der Waals surface area contributed by atoms with Gasteiger partial charge in [0.1, 0.15) is 24.4 Å². The minimum Gasteiger partial charge on any atom is -0.502 e. The molecular weight excluding hydrogens is 624 g/mol. The van der Waals surface area contributed by atoms with Gasteiger partial charge >= 0.3 is 5.97 Å². The molecule has 0 amide bonds. The highest BCUT2D eigenvalue weighted by molar-refractivity contribution is 7.10. The molecule has 0 radical (unpaired) electrons. The molecule has 8 rings (SSSR count). The molecule has 46 heavy (non-hydrogen) atoms. The summed E-state index contributed by atoms with van der Waals surface area (Å²) in [6, 6.07) is 10.7. The van der Waals surface area contributed by atoms with Gasteiger partial charge in [0.2, 0.25) is 12.5 Å². The largest absolute Gasteiger partial charge is 0.502 e. The molecule has 1 aliphatic carbocycles. The SMILES string of the molecule is COc1cc([C@@H]2c3cc4c(cc3C(O[C@@H]3O[C@@H]5COC(c6cccs6)O[C@H]5[C@H](O)[C@H]3O)[C@H]3COC(=O)[C@H]23)OCO4)cc(OC)c1O. The van der Waals surface area contributed by atoms with Crippen molar-refractivity contribution in [2.45, 2.75) is 49.0 Å². The zero-order valence-corrected chi connectivity index (χ0v) is 25.6. The Kier molecular flexibility index (Phi) is 7.48. The van der Waals surface area contributed by atoms with E-state index < -0.39 is 66.8 Å². The molecule has 244 valence electrons. The van der Waals surface area contributed by atoms with Crippen molar-refractivity contribution in [3.05, 3.63) is 63.3 Å². The summed E-state index contributed by atoms with van der Waals surface area (Å²) in [4.78, 5) is 14.3. The molecule has 2 unspecified atom stereocenters. The number of cyclic esters (lactones) is 1. The smallest absolute Gasteiger partial charge is 0.310 e. The fourth-order valence-electron chi connectivity index (χ4n) is 7.18. The number of hydrogen-bond acceptors (Lipinski definition) is 14. The van der Waals surface area contributed by atoms with Crippen LogP contribution in [-0.2, 0) is 28.5 Å². The molecule has 3 N–H and O–H groups in total. The zero-order valence-electron chi connectivity index (χ0n) is 24.8. The Morgan fingerprint density at radius 2 is 1.65 bits per heavy atom. The van der Waals surface area contributed by atoms with E-state index in [1.54, 1.807) is 18.2 Å². The summed E-state index contributed by atoms with van der Waals surface area (Å²) in [6.07, 6.45) is -7.16. The van der Waals surface area contributed by atoms with Crippen LogP contribution in [0.15, 0.2) is 41.8 Å². The van der Waals surface area contributed by atoms with E-state index in [9.17, 15) is 20.1 Å². The predicted octanol–water partition coefficient (Wildman–Crippen LogP) is 2.75. The van der Waals surface area contributed by atoms with Gasteiger partial charge in [0.25, 0.3) is 0 Å². The fourth-order valence-corrected chi connectivity index (χ4v) is 7.89. The Hall–Kier alpha value is -3.63. The highest BCUT2D eigenvalue weighted by Gasteiger charge is 2.56. The maximum atomic E-state index is 13.5. The second-order valence-electron chi connectivity index (χ2n) is 11.8. The molecule has 5 heterocycles. The number of carbonyl (C=O) groups excluding carboxylic acids is 1. The van der Waals surface area contributed by atoms with Crippen LogP contribution >= 0.6 is 11.3 Å². The quantitative estimate of drug-likeness (QED) is 0.333. The summed E-state index contributed by atoms with van der Waals surface area (Å²) in [5, 5.41) is 35.0. The Morgan fingerprint density at radius 1 is 0.913 bits per heavy atom. The van der Waals surface area contributed by atoms with Gasteiger partial charge in [-0.3, -0.25) is 4.79 Å². The van der Waals surface area contributed by atoms with Crippen molar-refractivity contribution in [3.63, 3.8) is 0 Å². The molecule has 1 aromatic heterocycles. The van der Waals surface area contributed by atoms with Gasteiger partial charge < -0.3 is 58.0 Å². The van der Waals surface area contributed by atoms with Crippen molar-refractivity contribution < 1.29 is 62.7 Å². The second-order valence-corrected chi connectivity index (χ2v) is 12.7. The first-order valence-electron chi connectivity index (χ1n) is 14.9. The fraction of sp³-hybridized carbons (Fsp3) is 0.469. The molecule has 0 bridgehead atoms. The van der Waals surface area contributed by atoms with Gasteiger partial charge in [-0.05, 0) is 52.4 Å². The van der Waals surface area contributed by atoms with Gasteiger partial charge in [0.15, 0.2) is 35.6 Å². The maximum Gasteiger partial charge on any atom is 0.310 e. The summed E-state index contributed by atoms with van der Waals surface area (Å²) in [5.74, 6) is -1.08. The number of benzene rings is 2. The molecule has 5 aliphatic rings. The average Bonchev–Trinajstić information content (AvgIpc) is 3.85. The number of aromatic hydroxyl groups is 1. The van der Waals surface area contributed by atoms with Gasteiger partial charge in [-0.2, -0.15) is 0 Å². The summed E-state index contributed by atoms with van der Waals surface area (Å²) in [6.45, 7) is 0.171. The molecule has 3 saturated heterocycles. The minimum atomic E-state index is -1.47. The van der Waals surface area contributed by atoms with E-state index in [4.69, 9.17) is 42.6 Å². The Morgan fingerprint density at radius 3 is 2.35 bits per heavy atom. The number of esters is 1. The minimum absolute atomic E-state index is 0.0242. The maximum absolute atomic E-state index is 13.5. The number of fused-ring (bicyclic) bond motifs is 4. The molecule has 3 aromatic rings. The normalized spacial score (nSPS) is 34.3. The van der Waals surface area contributed by atoms with Crippen molar-refractivity contribution in [3.8, 4) is 28.7 Å². The number of thiophene rings is 1. The predicted molar refractivity (Wildman–Crippen MR) is 156 cm³/mol. The lowest BCUT2D eigenvalue weighted by Crippen LogP contribution is -2.62. The van der Waals surface area contributed by atoms with E-state index in [0.717, 1.165) is 4.88 Å². The molecule has 10 atom stereocenters. The molecule has 4 aliphatic heterocycles. The van der Waals surface area contributed by atoms with Crippen molar-refractivity contribution in [1.29, 1.82) is 0 Å². The number of phenols is 1. The molecule has 13 nitrogen and oxygen atoms in total. The first-order valence-corrected chi connectivity index (χ1v) is 15.8. The standard InChI is InChI=1S/C32H32O13S/c1-37-19-6-13(7-20(38-2)25(19)33)23-14-8-17-18(42-12-41-17)9-15(14)28(16-10-39-30(36)24(16)23)44-32-27(35)26(34)29-21(43-32)11-40-31(45-29)22-4-3-5-46-22/h3-9,16,21,23-24,26-29,31-35H,10-12H2,1-2H3/t16-,21+,23+,24-,26+,27+,28?,29+,31?,32-/m0/s1. The van der Waals surface area contributed by atoms with Crippen molar-refractivity contribution in [1.82, 2.24) is 0 Å². The van der Waals surface area contributed by atoms with Crippen LogP contribution in [0.1, 0.15) is 39.9 Å². The van der Waals surface area contributed by atoms with Crippen LogP contribution in [0, 0.1) is 11.8 Å². The van der Waals surface area contributed by atoms with Crippen molar-refractivity contribution >= 4 is 17.3 Å². The van der Waals surface area contributed by atoms with Crippen LogP contribution in [-0.4, -0.2) is 86.2 Å². The topological polar surface area (TPSA) is 161 Å². The number of phenolic OH excluding ortho intramolecular Hbond substituents is 1. The zero-order chi connectivity index (χ0) is 31.7. The van der Waals surface area contributed by atoms with E-state index in [2.05, 4.69) is 0 Å². The van der Waals surface area contributed by atoms with Crippen molar-refractivity contribution in [2.75, 3.05) is 34.2 Å². The number of methoxy groups -OCH3 is 2. The van der Waals surface area contributed by atoms with Gasteiger partial charge in [-0.25, -0.2) is 0 Å².